The maximum absolute atomic E-state index is 10.9. The molecule has 0 unspecified atom stereocenters. The molecule has 5 rings (SSSR count). The molecule has 2 aromatic heterocycles. The van der Waals surface area contributed by atoms with Gasteiger partial charge in [-0.3, -0.25) is 14.5 Å². The Morgan fingerprint density at radius 3 is 2.31 bits per heavy atom. The Morgan fingerprint density at radius 1 is 0.931 bits per heavy atom. The number of non-ortho nitro benzene ring substituents is 1. The van der Waals surface area contributed by atoms with Gasteiger partial charge in [0.2, 0.25) is 5.78 Å². The molecule has 0 radical (unpaired) electrons. The third-order valence-electron chi connectivity index (χ3n) is 5.20. The number of rotatable bonds is 4. The van der Waals surface area contributed by atoms with Crippen LogP contribution in [0.15, 0.2) is 79.0 Å². The summed E-state index contributed by atoms with van der Waals surface area (Å²) in [6, 6.07) is 23.3. The summed E-state index contributed by atoms with van der Waals surface area (Å²) >= 11 is 0. The lowest BCUT2D eigenvalue weighted by molar-refractivity contribution is -0.384. The van der Waals surface area contributed by atoms with E-state index in [-0.39, 0.29) is 5.69 Å². The number of nitrogens with zero attached hydrogens (tertiary/aromatic N) is 4. The number of fused-ring (bicyclic) bond motifs is 3. The first kappa shape index (κ1) is 17.2. The summed E-state index contributed by atoms with van der Waals surface area (Å²) in [6.07, 6.45) is 1.99. The van der Waals surface area contributed by atoms with Crippen LogP contribution < -0.4 is 0 Å². The van der Waals surface area contributed by atoms with E-state index in [1.807, 2.05) is 18.3 Å². The second-order valence-corrected chi connectivity index (χ2v) is 7.16. The maximum atomic E-state index is 10.9. The van der Waals surface area contributed by atoms with Gasteiger partial charge in [-0.25, -0.2) is 4.98 Å². The van der Waals surface area contributed by atoms with Crippen molar-refractivity contribution in [3.05, 3.63) is 100 Å². The largest absolute Gasteiger partial charge is 0.305 e. The van der Waals surface area contributed by atoms with E-state index in [4.69, 9.17) is 4.98 Å². The molecule has 2 heterocycles. The molecule has 0 bridgehead atoms. The van der Waals surface area contributed by atoms with Crippen LogP contribution in [0.5, 0.6) is 0 Å². The van der Waals surface area contributed by atoms with Crippen LogP contribution in [0.4, 0.5) is 5.69 Å². The summed E-state index contributed by atoms with van der Waals surface area (Å²) in [6.45, 7) is 2.80. The molecule has 142 valence electrons. The number of nitro groups is 1. The first-order chi connectivity index (χ1) is 14.1. The highest BCUT2D eigenvalue weighted by atomic mass is 16.6. The topological polar surface area (TPSA) is 65.4 Å². The van der Waals surface area contributed by atoms with Crippen LogP contribution in [0, 0.1) is 17.0 Å². The Kier molecular flexibility index (Phi) is 3.91. The molecule has 0 aliphatic heterocycles. The summed E-state index contributed by atoms with van der Waals surface area (Å²) in [7, 11) is 0. The van der Waals surface area contributed by atoms with Gasteiger partial charge in [-0.05, 0) is 36.8 Å². The van der Waals surface area contributed by atoms with Gasteiger partial charge in [0.15, 0.2) is 0 Å². The fraction of sp³-hybridized carbons (Fsp3) is 0.0870. The quantitative estimate of drug-likeness (QED) is 0.316. The van der Waals surface area contributed by atoms with Gasteiger partial charge in [-0.2, -0.15) is 0 Å². The van der Waals surface area contributed by atoms with Crippen LogP contribution in [-0.4, -0.2) is 18.9 Å². The average Bonchev–Trinajstić information content (AvgIpc) is 3.29. The van der Waals surface area contributed by atoms with E-state index in [0.717, 1.165) is 28.1 Å². The first-order valence-electron chi connectivity index (χ1n) is 9.37. The van der Waals surface area contributed by atoms with E-state index < -0.39 is 4.92 Å². The Balaban J connectivity index is 1.65. The molecule has 0 N–H and O–H groups in total. The van der Waals surface area contributed by atoms with Gasteiger partial charge in [0, 0.05) is 23.9 Å². The molecule has 0 saturated carbocycles. The molecule has 0 aliphatic rings. The normalized spacial score (nSPS) is 11.3. The number of para-hydroxylation sites is 2. The highest BCUT2D eigenvalue weighted by Crippen LogP contribution is 2.27. The van der Waals surface area contributed by atoms with Gasteiger partial charge in [-0.15, -0.1) is 0 Å². The lowest BCUT2D eigenvalue weighted by Gasteiger charge is -2.06. The zero-order valence-corrected chi connectivity index (χ0v) is 15.8. The fourth-order valence-electron chi connectivity index (χ4n) is 3.67. The van der Waals surface area contributed by atoms with Crippen LogP contribution in [0.25, 0.3) is 28.1 Å². The van der Waals surface area contributed by atoms with Crippen molar-refractivity contribution in [3.63, 3.8) is 0 Å². The van der Waals surface area contributed by atoms with E-state index in [2.05, 4.69) is 52.3 Å². The van der Waals surface area contributed by atoms with Gasteiger partial charge in [0.1, 0.15) is 0 Å². The van der Waals surface area contributed by atoms with Gasteiger partial charge in [-0.1, -0.05) is 42.0 Å². The smallest absolute Gasteiger partial charge is 0.269 e. The number of hydrogen-bond acceptors (Lipinski definition) is 3. The predicted molar refractivity (Wildman–Crippen MR) is 113 cm³/mol. The molecule has 0 fully saturated rings. The van der Waals surface area contributed by atoms with Crippen LogP contribution in [0.2, 0.25) is 0 Å². The van der Waals surface area contributed by atoms with Crippen molar-refractivity contribution in [2.75, 3.05) is 0 Å². The van der Waals surface area contributed by atoms with E-state index in [1.165, 1.54) is 23.3 Å². The van der Waals surface area contributed by atoms with Crippen molar-refractivity contribution < 1.29 is 4.92 Å². The van der Waals surface area contributed by atoms with Crippen molar-refractivity contribution in [3.8, 4) is 11.3 Å². The standard InChI is InChI=1S/C23H18N4O2/c1-16-6-8-17(9-7-16)14-25-21-4-2-3-5-22(21)26-15-20(24-23(25)26)18-10-12-19(13-11-18)27(28)29/h2-13,15H,14H2,1H3. The molecular weight excluding hydrogens is 364 g/mol. The molecule has 5 aromatic rings. The number of aryl methyl sites for hydroxylation is 1. The van der Waals surface area contributed by atoms with Gasteiger partial charge in [0.25, 0.3) is 5.69 Å². The van der Waals surface area contributed by atoms with E-state index in [0.29, 0.717) is 6.54 Å². The Labute approximate surface area is 166 Å². The van der Waals surface area contributed by atoms with Crippen LogP contribution in [0.1, 0.15) is 11.1 Å². The second-order valence-electron chi connectivity index (χ2n) is 7.16. The van der Waals surface area contributed by atoms with Gasteiger partial charge in [0.05, 0.1) is 28.2 Å². The summed E-state index contributed by atoms with van der Waals surface area (Å²) in [5, 5.41) is 10.9. The summed E-state index contributed by atoms with van der Waals surface area (Å²) in [5.74, 6) is 0.847. The zero-order valence-electron chi connectivity index (χ0n) is 15.8. The third kappa shape index (κ3) is 2.95. The number of benzene rings is 3. The highest BCUT2D eigenvalue weighted by Gasteiger charge is 2.15. The second kappa shape index (κ2) is 6.60. The Bertz CT molecular complexity index is 1350. The molecule has 0 amide bonds. The molecule has 0 saturated heterocycles. The minimum absolute atomic E-state index is 0.0758. The molecule has 0 spiro atoms. The Morgan fingerprint density at radius 2 is 1.62 bits per heavy atom. The summed E-state index contributed by atoms with van der Waals surface area (Å²) < 4.78 is 4.29. The van der Waals surface area contributed by atoms with Crippen molar-refractivity contribution in [2.45, 2.75) is 13.5 Å². The molecule has 3 aromatic carbocycles. The summed E-state index contributed by atoms with van der Waals surface area (Å²) in [4.78, 5) is 15.4. The predicted octanol–water partition coefficient (Wildman–Crippen LogP) is 5.22. The van der Waals surface area contributed by atoms with Crippen LogP contribution in [0.3, 0.4) is 0 Å². The van der Waals surface area contributed by atoms with Gasteiger partial charge < -0.3 is 4.57 Å². The van der Waals surface area contributed by atoms with Crippen molar-refractivity contribution in [1.29, 1.82) is 0 Å². The average molecular weight is 382 g/mol. The molecule has 29 heavy (non-hydrogen) atoms. The molecule has 6 nitrogen and oxygen atoms in total. The number of hydrogen-bond donors (Lipinski definition) is 0. The van der Waals surface area contributed by atoms with E-state index in [9.17, 15) is 10.1 Å². The molecule has 6 heteroatoms. The minimum atomic E-state index is -0.392. The SMILES string of the molecule is Cc1ccc(Cn2c3ccccc3n3cc(-c4ccc([N+](=O)[O-])cc4)nc23)cc1. The minimum Gasteiger partial charge on any atom is -0.305 e. The van der Waals surface area contributed by atoms with Gasteiger partial charge >= 0.3 is 0 Å². The van der Waals surface area contributed by atoms with Crippen molar-refractivity contribution in [2.24, 2.45) is 0 Å². The van der Waals surface area contributed by atoms with E-state index >= 15 is 0 Å². The third-order valence-corrected chi connectivity index (χ3v) is 5.20. The van der Waals surface area contributed by atoms with Crippen molar-refractivity contribution >= 4 is 22.5 Å². The lowest BCUT2D eigenvalue weighted by Crippen LogP contribution is -2.00. The number of nitro benzene ring substituents is 1. The Hall–Kier alpha value is -3.93. The molecule has 0 aliphatic carbocycles. The highest BCUT2D eigenvalue weighted by molar-refractivity contribution is 5.82. The monoisotopic (exact) mass is 382 g/mol. The number of imidazole rings is 2. The van der Waals surface area contributed by atoms with Crippen LogP contribution >= 0.6 is 0 Å². The maximum Gasteiger partial charge on any atom is 0.269 e. The molecule has 0 atom stereocenters. The fourth-order valence-corrected chi connectivity index (χ4v) is 3.67. The summed E-state index contributed by atoms with van der Waals surface area (Å²) in [5.41, 5.74) is 6.35. The first-order valence-corrected chi connectivity index (χ1v) is 9.37. The van der Waals surface area contributed by atoms with Crippen LogP contribution in [-0.2, 0) is 6.54 Å². The zero-order chi connectivity index (χ0) is 20.0. The lowest BCUT2D eigenvalue weighted by atomic mass is 10.1. The molecular formula is C23H18N4O2. The number of aromatic nitrogens is 3. The van der Waals surface area contributed by atoms with E-state index in [1.54, 1.807) is 12.1 Å². The van der Waals surface area contributed by atoms with Crippen molar-refractivity contribution in [1.82, 2.24) is 14.0 Å².